The van der Waals surface area contributed by atoms with E-state index >= 15 is 0 Å². The summed E-state index contributed by atoms with van der Waals surface area (Å²) < 4.78 is 28.5. The van der Waals surface area contributed by atoms with Gasteiger partial charge in [-0.15, -0.1) is 11.6 Å². The number of benzene rings is 1. The molecular formula is C24H42ClNO2S. The van der Waals surface area contributed by atoms with Gasteiger partial charge in [-0.25, -0.2) is 8.42 Å². The smallest absolute Gasteiger partial charge is 0.235 e. The summed E-state index contributed by atoms with van der Waals surface area (Å²) >= 11 is 6.09. The molecule has 3 nitrogen and oxygen atoms in total. The minimum Gasteiger partial charge on any atom is -0.283 e. The second-order valence-electron chi connectivity index (χ2n) is 8.32. The van der Waals surface area contributed by atoms with Crippen molar-refractivity contribution in [2.24, 2.45) is 0 Å². The minimum atomic E-state index is -3.39. The van der Waals surface area contributed by atoms with E-state index < -0.39 is 10.0 Å². The zero-order valence-electron chi connectivity index (χ0n) is 18.5. The summed E-state index contributed by atoms with van der Waals surface area (Å²) in [6.45, 7) is 4.18. The van der Waals surface area contributed by atoms with Crippen molar-refractivity contribution in [1.82, 2.24) is 0 Å². The van der Waals surface area contributed by atoms with Gasteiger partial charge in [-0.2, -0.15) is 0 Å². The number of hydrogen-bond acceptors (Lipinski definition) is 2. The van der Waals surface area contributed by atoms with Gasteiger partial charge in [0.15, 0.2) is 0 Å². The molecule has 168 valence electrons. The molecule has 0 aliphatic carbocycles. The van der Waals surface area contributed by atoms with Crippen molar-refractivity contribution in [2.45, 2.75) is 114 Å². The molecular weight excluding hydrogens is 402 g/mol. The van der Waals surface area contributed by atoms with Crippen LogP contribution in [-0.4, -0.2) is 19.0 Å². The number of halogens is 1. The molecule has 1 rings (SSSR count). The number of anilines is 1. The molecule has 29 heavy (non-hydrogen) atoms. The number of rotatable bonds is 18. The molecule has 0 heterocycles. The molecule has 0 aromatic heterocycles. The highest BCUT2D eigenvalue weighted by atomic mass is 35.5. The van der Waals surface area contributed by atoms with Gasteiger partial charge in [-0.1, -0.05) is 95.8 Å². The van der Waals surface area contributed by atoms with Gasteiger partial charge in [0.25, 0.3) is 0 Å². The summed E-state index contributed by atoms with van der Waals surface area (Å²) in [5.41, 5.74) is 0.635. The molecule has 0 saturated heterocycles. The first-order chi connectivity index (χ1) is 14.0. The van der Waals surface area contributed by atoms with E-state index in [0.717, 1.165) is 19.3 Å². The third-order valence-electron chi connectivity index (χ3n) is 5.49. The molecule has 0 aliphatic rings. The van der Waals surface area contributed by atoms with E-state index in [1.54, 1.807) is 12.1 Å². The maximum absolute atomic E-state index is 12.9. The lowest BCUT2D eigenvalue weighted by molar-refractivity contribution is 0.519. The normalized spacial score (nSPS) is 13.9. The van der Waals surface area contributed by atoms with Crippen molar-refractivity contribution in [3.8, 4) is 0 Å². The van der Waals surface area contributed by atoms with Crippen LogP contribution in [0.2, 0.25) is 0 Å². The van der Waals surface area contributed by atoms with Crippen LogP contribution in [-0.2, 0) is 10.0 Å². The number of para-hydroxylation sites is 1. The van der Waals surface area contributed by atoms with Gasteiger partial charge >= 0.3 is 0 Å². The van der Waals surface area contributed by atoms with E-state index in [2.05, 4.69) is 11.6 Å². The molecule has 0 amide bonds. The van der Waals surface area contributed by atoms with Gasteiger partial charge in [0.05, 0.1) is 5.25 Å². The second kappa shape index (κ2) is 16.0. The van der Waals surface area contributed by atoms with E-state index in [-0.39, 0.29) is 10.6 Å². The van der Waals surface area contributed by atoms with Gasteiger partial charge in [-0.3, -0.25) is 4.72 Å². The molecule has 0 bridgehead atoms. The van der Waals surface area contributed by atoms with Crippen LogP contribution in [0.15, 0.2) is 30.3 Å². The Labute approximate surface area is 185 Å². The fourth-order valence-corrected chi connectivity index (χ4v) is 5.34. The fourth-order valence-electron chi connectivity index (χ4n) is 3.66. The lowest BCUT2D eigenvalue weighted by atomic mass is 10.0. The molecule has 0 radical (unpaired) electrons. The van der Waals surface area contributed by atoms with Crippen LogP contribution in [0.25, 0.3) is 0 Å². The van der Waals surface area contributed by atoms with Crippen LogP contribution in [0.4, 0.5) is 5.69 Å². The first-order valence-corrected chi connectivity index (χ1v) is 13.6. The van der Waals surface area contributed by atoms with E-state index in [9.17, 15) is 8.42 Å². The van der Waals surface area contributed by atoms with Crippen LogP contribution >= 0.6 is 11.6 Å². The Morgan fingerprint density at radius 3 is 1.83 bits per heavy atom. The molecule has 5 heteroatoms. The van der Waals surface area contributed by atoms with E-state index in [1.165, 1.54) is 57.8 Å². The predicted octanol–water partition coefficient (Wildman–Crippen LogP) is 7.91. The van der Waals surface area contributed by atoms with Crippen molar-refractivity contribution in [1.29, 1.82) is 0 Å². The zero-order valence-corrected chi connectivity index (χ0v) is 20.1. The first kappa shape index (κ1) is 26.3. The molecule has 0 aliphatic heterocycles. The highest BCUT2D eigenvalue weighted by molar-refractivity contribution is 7.93. The summed E-state index contributed by atoms with van der Waals surface area (Å²) in [6.07, 6.45) is 16.1. The maximum Gasteiger partial charge on any atom is 0.235 e. The Morgan fingerprint density at radius 1 is 0.793 bits per heavy atom. The predicted molar refractivity (Wildman–Crippen MR) is 128 cm³/mol. The third-order valence-corrected chi connectivity index (χ3v) is 7.58. The average molecular weight is 444 g/mol. The van der Waals surface area contributed by atoms with Crippen LogP contribution in [0.5, 0.6) is 0 Å². The second-order valence-corrected chi connectivity index (χ2v) is 11.0. The van der Waals surface area contributed by atoms with Crippen molar-refractivity contribution < 1.29 is 8.42 Å². The Morgan fingerprint density at radius 2 is 1.31 bits per heavy atom. The average Bonchev–Trinajstić information content (AvgIpc) is 2.68. The highest BCUT2D eigenvalue weighted by Crippen LogP contribution is 2.22. The molecule has 1 N–H and O–H groups in total. The topological polar surface area (TPSA) is 46.2 Å². The summed E-state index contributed by atoms with van der Waals surface area (Å²) in [6, 6.07) is 9.16. The fraction of sp³-hybridized carbons (Fsp3) is 0.750. The van der Waals surface area contributed by atoms with Gasteiger partial charge < -0.3 is 0 Å². The summed E-state index contributed by atoms with van der Waals surface area (Å²) in [7, 11) is -3.39. The summed E-state index contributed by atoms with van der Waals surface area (Å²) in [5, 5.41) is -0.371. The van der Waals surface area contributed by atoms with Gasteiger partial charge in [0, 0.05) is 11.1 Å². The Balaban J connectivity index is 2.32. The number of hydrogen-bond donors (Lipinski definition) is 1. The van der Waals surface area contributed by atoms with Gasteiger partial charge in [0.1, 0.15) is 0 Å². The third kappa shape index (κ3) is 13.2. The van der Waals surface area contributed by atoms with Crippen LogP contribution in [0, 0.1) is 0 Å². The van der Waals surface area contributed by atoms with Crippen LogP contribution in [0.1, 0.15) is 104 Å². The lowest BCUT2D eigenvalue weighted by Gasteiger charge is -2.19. The van der Waals surface area contributed by atoms with Crippen molar-refractivity contribution in [3.63, 3.8) is 0 Å². The van der Waals surface area contributed by atoms with Crippen LogP contribution < -0.4 is 4.72 Å². The monoisotopic (exact) mass is 443 g/mol. The van der Waals surface area contributed by atoms with E-state index in [4.69, 9.17) is 11.6 Å². The Bertz CT molecular complexity index is 605. The lowest BCUT2D eigenvalue weighted by Crippen LogP contribution is -2.28. The van der Waals surface area contributed by atoms with Crippen molar-refractivity contribution in [3.05, 3.63) is 30.3 Å². The SMILES string of the molecule is CCCCCCCCCCCCCC(CCC(C)Cl)S(=O)(=O)Nc1ccccc1. The Hall–Kier alpha value is -0.740. The number of nitrogens with one attached hydrogen (secondary N) is 1. The largest absolute Gasteiger partial charge is 0.283 e. The summed E-state index contributed by atoms with van der Waals surface area (Å²) in [4.78, 5) is 0. The van der Waals surface area contributed by atoms with E-state index in [1.807, 2.05) is 25.1 Å². The standard InChI is InChI=1S/C24H42ClNO2S/c1-3-4-5-6-7-8-9-10-11-12-16-19-24(21-20-22(2)25)29(27,28)26-23-17-14-13-15-18-23/h13-15,17-18,22,24,26H,3-12,16,19-21H2,1-2H3. The minimum absolute atomic E-state index is 0.00162. The molecule has 0 saturated carbocycles. The number of alkyl halides is 1. The molecule has 2 atom stereocenters. The molecule has 1 aromatic carbocycles. The molecule has 0 fully saturated rings. The summed E-state index contributed by atoms with van der Waals surface area (Å²) in [5.74, 6) is 0. The quantitative estimate of drug-likeness (QED) is 0.185. The number of sulfonamides is 1. The van der Waals surface area contributed by atoms with Crippen LogP contribution in [0.3, 0.4) is 0 Å². The number of unbranched alkanes of at least 4 members (excludes halogenated alkanes) is 10. The highest BCUT2D eigenvalue weighted by Gasteiger charge is 2.25. The maximum atomic E-state index is 12.9. The van der Waals surface area contributed by atoms with Gasteiger partial charge in [0.2, 0.25) is 10.0 Å². The molecule has 2 unspecified atom stereocenters. The molecule has 1 aromatic rings. The van der Waals surface area contributed by atoms with E-state index in [0.29, 0.717) is 18.5 Å². The zero-order chi connectivity index (χ0) is 21.4. The van der Waals surface area contributed by atoms with Crippen molar-refractivity contribution in [2.75, 3.05) is 4.72 Å². The molecule has 0 spiro atoms. The van der Waals surface area contributed by atoms with Gasteiger partial charge in [-0.05, 0) is 38.3 Å². The Kier molecular flexibility index (Phi) is 14.5. The van der Waals surface area contributed by atoms with Crippen molar-refractivity contribution >= 4 is 27.3 Å². The first-order valence-electron chi connectivity index (χ1n) is 11.7.